The number of likely N-dealkylation sites (tertiary alicyclic amines) is 1. The Morgan fingerprint density at radius 3 is 2.77 bits per heavy atom. The fraction of sp³-hybridized carbons (Fsp3) is 0.824. The molecule has 0 bridgehead atoms. The molecule has 0 amide bonds. The van der Waals surface area contributed by atoms with Crippen molar-refractivity contribution in [3.05, 3.63) is 17.3 Å². The van der Waals surface area contributed by atoms with Gasteiger partial charge in [0.15, 0.2) is 0 Å². The highest BCUT2D eigenvalue weighted by Gasteiger charge is 2.38. The molecular weight excluding hydrogens is 278 g/mol. The molecule has 124 valence electrons. The molecule has 3 rings (SSSR count). The minimum Gasteiger partial charge on any atom is -0.444 e. The Labute approximate surface area is 133 Å². The summed E-state index contributed by atoms with van der Waals surface area (Å²) in [7, 11) is 4.04. The largest absolute Gasteiger partial charge is 0.444 e. The Bertz CT molecular complexity index is 483. The van der Waals surface area contributed by atoms with Crippen LogP contribution in [-0.2, 0) is 11.3 Å². The summed E-state index contributed by atoms with van der Waals surface area (Å²) in [5.41, 5.74) is 1.01. The van der Waals surface area contributed by atoms with E-state index in [1.807, 2.05) is 21.0 Å². The number of nitrogens with zero attached hydrogens (tertiary/aromatic N) is 3. The first-order valence-corrected chi connectivity index (χ1v) is 8.48. The van der Waals surface area contributed by atoms with Gasteiger partial charge in [0, 0.05) is 32.3 Å². The van der Waals surface area contributed by atoms with Crippen molar-refractivity contribution in [3.8, 4) is 0 Å². The maximum Gasteiger partial charge on any atom is 0.208 e. The summed E-state index contributed by atoms with van der Waals surface area (Å²) in [6, 6.07) is 1.26. The molecule has 1 saturated heterocycles. The highest BCUT2D eigenvalue weighted by atomic mass is 16.5. The van der Waals surface area contributed by atoms with E-state index in [-0.39, 0.29) is 0 Å². The van der Waals surface area contributed by atoms with Gasteiger partial charge in [-0.2, -0.15) is 0 Å². The van der Waals surface area contributed by atoms with Gasteiger partial charge in [-0.05, 0) is 40.2 Å². The quantitative estimate of drug-likeness (QED) is 0.835. The molecule has 1 saturated carbocycles. The molecule has 0 N–H and O–H groups in total. The predicted octanol–water partition coefficient (Wildman–Crippen LogP) is 2.37. The lowest BCUT2D eigenvalue weighted by Crippen LogP contribution is -2.46. The van der Waals surface area contributed by atoms with E-state index >= 15 is 0 Å². The van der Waals surface area contributed by atoms with E-state index in [2.05, 4.69) is 21.8 Å². The summed E-state index contributed by atoms with van der Waals surface area (Å²) in [5, 5.41) is 0. The SMILES string of the molecule is COC1CCN([C@H]2CCC[C@H]2N(C)Cc2nc(C)c(C)o2)C1. The maximum absolute atomic E-state index is 5.75. The fourth-order valence-electron chi connectivity index (χ4n) is 4.05. The zero-order valence-corrected chi connectivity index (χ0v) is 14.3. The van der Waals surface area contributed by atoms with Crippen LogP contribution in [0.2, 0.25) is 0 Å². The number of ether oxygens (including phenoxy) is 1. The van der Waals surface area contributed by atoms with Crippen molar-refractivity contribution < 1.29 is 9.15 Å². The first-order chi connectivity index (χ1) is 10.6. The van der Waals surface area contributed by atoms with Gasteiger partial charge < -0.3 is 9.15 Å². The number of hydrogen-bond acceptors (Lipinski definition) is 5. The Balaban J connectivity index is 1.62. The Morgan fingerprint density at radius 2 is 2.14 bits per heavy atom. The Hall–Kier alpha value is -0.910. The van der Waals surface area contributed by atoms with Gasteiger partial charge in [0.1, 0.15) is 5.76 Å². The number of rotatable bonds is 5. The molecule has 0 radical (unpaired) electrons. The van der Waals surface area contributed by atoms with E-state index < -0.39 is 0 Å². The molecule has 1 aliphatic carbocycles. The van der Waals surface area contributed by atoms with Gasteiger partial charge in [-0.15, -0.1) is 0 Å². The van der Waals surface area contributed by atoms with Crippen LogP contribution in [0.1, 0.15) is 43.0 Å². The second-order valence-electron chi connectivity index (χ2n) is 6.87. The molecule has 1 aromatic rings. The summed E-state index contributed by atoms with van der Waals surface area (Å²) in [6.45, 7) is 7.06. The van der Waals surface area contributed by atoms with Gasteiger partial charge >= 0.3 is 0 Å². The van der Waals surface area contributed by atoms with E-state index in [0.717, 1.165) is 30.4 Å². The van der Waals surface area contributed by atoms with Crippen LogP contribution in [0.5, 0.6) is 0 Å². The molecule has 2 aliphatic rings. The molecule has 1 unspecified atom stereocenters. The van der Waals surface area contributed by atoms with Crippen LogP contribution >= 0.6 is 0 Å². The summed E-state index contributed by atoms with van der Waals surface area (Å²) in [5.74, 6) is 1.79. The molecule has 2 heterocycles. The van der Waals surface area contributed by atoms with Crippen LogP contribution in [0.25, 0.3) is 0 Å². The Morgan fingerprint density at radius 1 is 1.32 bits per heavy atom. The highest BCUT2D eigenvalue weighted by Crippen LogP contribution is 2.31. The second-order valence-corrected chi connectivity index (χ2v) is 6.87. The molecule has 0 spiro atoms. The summed E-state index contributed by atoms with van der Waals surface area (Å²) < 4.78 is 11.3. The highest BCUT2D eigenvalue weighted by molar-refractivity contribution is 5.05. The smallest absolute Gasteiger partial charge is 0.208 e. The molecule has 1 aromatic heterocycles. The van der Waals surface area contributed by atoms with Crippen LogP contribution in [0.4, 0.5) is 0 Å². The molecule has 5 heteroatoms. The van der Waals surface area contributed by atoms with Crippen LogP contribution in [-0.4, -0.2) is 60.2 Å². The van der Waals surface area contributed by atoms with Gasteiger partial charge in [0.2, 0.25) is 5.89 Å². The summed E-state index contributed by atoms with van der Waals surface area (Å²) in [6.07, 6.45) is 5.48. The molecule has 22 heavy (non-hydrogen) atoms. The van der Waals surface area contributed by atoms with E-state index in [1.165, 1.54) is 32.2 Å². The van der Waals surface area contributed by atoms with Crippen molar-refractivity contribution in [2.75, 3.05) is 27.2 Å². The molecule has 2 fully saturated rings. The molecular formula is C17H29N3O2. The number of likely N-dealkylation sites (N-methyl/N-ethyl adjacent to an activating group) is 1. The first-order valence-electron chi connectivity index (χ1n) is 8.48. The number of aromatic nitrogens is 1. The molecule has 0 aromatic carbocycles. The third-order valence-electron chi connectivity index (χ3n) is 5.45. The molecule has 5 nitrogen and oxygen atoms in total. The van der Waals surface area contributed by atoms with E-state index in [9.17, 15) is 0 Å². The van der Waals surface area contributed by atoms with E-state index in [0.29, 0.717) is 18.2 Å². The lowest BCUT2D eigenvalue weighted by Gasteiger charge is -2.34. The van der Waals surface area contributed by atoms with Crippen LogP contribution in [0.3, 0.4) is 0 Å². The molecule has 1 aliphatic heterocycles. The average Bonchev–Trinajstić information content (AvgIpc) is 3.19. The fourth-order valence-corrected chi connectivity index (χ4v) is 4.05. The number of methoxy groups -OCH3 is 1. The van der Waals surface area contributed by atoms with Crippen molar-refractivity contribution in [2.24, 2.45) is 0 Å². The molecule has 3 atom stereocenters. The minimum atomic E-state index is 0.420. The van der Waals surface area contributed by atoms with Crippen LogP contribution in [0, 0.1) is 13.8 Å². The normalized spacial score (nSPS) is 29.8. The van der Waals surface area contributed by atoms with Crippen molar-refractivity contribution in [1.29, 1.82) is 0 Å². The van der Waals surface area contributed by atoms with Gasteiger partial charge in [-0.3, -0.25) is 9.80 Å². The first kappa shape index (κ1) is 16.0. The zero-order chi connectivity index (χ0) is 15.7. The lowest BCUT2D eigenvalue weighted by molar-refractivity contribution is 0.0820. The zero-order valence-electron chi connectivity index (χ0n) is 14.3. The van der Waals surface area contributed by atoms with E-state index in [4.69, 9.17) is 9.15 Å². The topological polar surface area (TPSA) is 41.7 Å². The minimum absolute atomic E-state index is 0.420. The monoisotopic (exact) mass is 307 g/mol. The lowest BCUT2D eigenvalue weighted by atomic mass is 10.1. The van der Waals surface area contributed by atoms with E-state index in [1.54, 1.807) is 0 Å². The van der Waals surface area contributed by atoms with Crippen molar-refractivity contribution >= 4 is 0 Å². The van der Waals surface area contributed by atoms with Gasteiger partial charge in [-0.25, -0.2) is 4.98 Å². The predicted molar refractivity (Wildman–Crippen MR) is 85.9 cm³/mol. The van der Waals surface area contributed by atoms with Gasteiger partial charge in [0.25, 0.3) is 0 Å². The van der Waals surface area contributed by atoms with Crippen molar-refractivity contribution in [1.82, 2.24) is 14.8 Å². The van der Waals surface area contributed by atoms with Crippen molar-refractivity contribution in [3.63, 3.8) is 0 Å². The average molecular weight is 307 g/mol. The third kappa shape index (κ3) is 3.21. The summed E-state index contributed by atoms with van der Waals surface area (Å²) in [4.78, 5) is 9.59. The van der Waals surface area contributed by atoms with Crippen LogP contribution in [0.15, 0.2) is 4.42 Å². The van der Waals surface area contributed by atoms with Gasteiger partial charge in [0.05, 0.1) is 18.3 Å². The van der Waals surface area contributed by atoms with Crippen molar-refractivity contribution in [2.45, 2.75) is 64.3 Å². The summed E-state index contributed by atoms with van der Waals surface area (Å²) >= 11 is 0. The number of oxazole rings is 1. The van der Waals surface area contributed by atoms with Crippen LogP contribution < -0.4 is 0 Å². The number of hydrogen-bond donors (Lipinski definition) is 0. The second kappa shape index (κ2) is 6.69. The number of aryl methyl sites for hydroxylation is 2. The standard InChI is InChI=1S/C17H29N3O2/c1-12-13(2)22-17(18-12)11-19(3)15-6-5-7-16(15)20-9-8-14(10-20)21-4/h14-16H,5-11H2,1-4H3/t14?,15-,16+/m1/s1. The van der Waals surface area contributed by atoms with Gasteiger partial charge in [-0.1, -0.05) is 6.42 Å². The maximum atomic E-state index is 5.75. The third-order valence-corrected chi connectivity index (χ3v) is 5.45. The Kier molecular flexibility index (Phi) is 4.85.